The van der Waals surface area contributed by atoms with Gasteiger partial charge in [0.1, 0.15) is 6.04 Å². The fraction of sp³-hybridized carbons (Fsp3) is 0.227. The lowest BCUT2D eigenvalue weighted by Crippen LogP contribution is -2.30. The van der Waals surface area contributed by atoms with Crippen LogP contribution in [-0.2, 0) is 0 Å². The normalized spacial score (nSPS) is 12.0. The Balaban J connectivity index is 1.98. The van der Waals surface area contributed by atoms with Gasteiger partial charge in [0, 0.05) is 17.2 Å². The maximum atomic E-state index is 12.9. The molecule has 4 nitrogen and oxygen atoms in total. The van der Waals surface area contributed by atoms with Crippen LogP contribution in [0.4, 0.5) is 0 Å². The predicted molar refractivity (Wildman–Crippen MR) is 104 cm³/mol. The second kappa shape index (κ2) is 7.08. The SMILES string of the molecule is Cc1ccc(-c2ccc(=O)n(C(C)C(=O)c3ccc(C)c(C)c3)n2)cc1. The predicted octanol–water partition coefficient (Wildman–Crippen LogP) is 4.28. The number of hydrogen-bond acceptors (Lipinski definition) is 3. The van der Waals surface area contributed by atoms with Crippen molar-refractivity contribution in [1.82, 2.24) is 9.78 Å². The van der Waals surface area contributed by atoms with Crippen LogP contribution in [0.5, 0.6) is 0 Å². The summed E-state index contributed by atoms with van der Waals surface area (Å²) in [6, 6.07) is 16.0. The average Bonchev–Trinajstić information content (AvgIpc) is 2.64. The fourth-order valence-corrected chi connectivity index (χ4v) is 2.83. The molecule has 3 rings (SSSR count). The van der Waals surface area contributed by atoms with Crippen molar-refractivity contribution in [3.05, 3.63) is 87.2 Å². The van der Waals surface area contributed by atoms with Gasteiger partial charge in [-0.2, -0.15) is 5.10 Å². The molecule has 0 bridgehead atoms. The molecule has 0 aliphatic heterocycles. The number of carbonyl (C=O) groups excluding carboxylic acids is 1. The number of carbonyl (C=O) groups is 1. The molecule has 0 aliphatic rings. The quantitative estimate of drug-likeness (QED) is 0.663. The summed E-state index contributed by atoms with van der Waals surface area (Å²) in [5.41, 5.74) is 5.23. The van der Waals surface area contributed by atoms with Gasteiger partial charge in [-0.15, -0.1) is 0 Å². The first-order valence-corrected chi connectivity index (χ1v) is 8.65. The van der Waals surface area contributed by atoms with Crippen LogP contribution in [0.3, 0.4) is 0 Å². The zero-order chi connectivity index (χ0) is 18.8. The highest BCUT2D eigenvalue weighted by atomic mass is 16.1. The first-order chi connectivity index (χ1) is 12.4. The van der Waals surface area contributed by atoms with E-state index in [0.717, 1.165) is 22.3 Å². The number of nitrogens with zero attached hydrogens (tertiary/aromatic N) is 2. The molecule has 26 heavy (non-hydrogen) atoms. The van der Waals surface area contributed by atoms with Gasteiger partial charge in [-0.3, -0.25) is 9.59 Å². The van der Waals surface area contributed by atoms with Gasteiger partial charge in [0.15, 0.2) is 5.78 Å². The van der Waals surface area contributed by atoms with Crippen molar-refractivity contribution in [3.63, 3.8) is 0 Å². The highest BCUT2D eigenvalue weighted by molar-refractivity contribution is 5.98. The number of hydrogen-bond donors (Lipinski definition) is 0. The first-order valence-electron chi connectivity index (χ1n) is 8.65. The van der Waals surface area contributed by atoms with Gasteiger partial charge in [-0.1, -0.05) is 42.0 Å². The molecule has 4 heteroatoms. The Bertz CT molecular complexity index is 1020. The number of Topliss-reactive ketones (excluding diaryl/α,β-unsaturated/α-hetero) is 1. The van der Waals surface area contributed by atoms with Crippen LogP contribution in [0.15, 0.2) is 59.4 Å². The molecule has 3 aromatic rings. The summed E-state index contributed by atoms with van der Waals surface area (Å²) in [5, 5.41) is 4.44. The molecule has 0 saturated carbocycles. The van der Waals surface area contributed by atoms with E-state index in [1.807, 2.05) is 57.2 Å². The maximum absolute atomic E-state index is 12.9. The molecule has 1 heterocycles. The first kappa shape index (κ1) is 17.8. The number of benzene rings is 2. The van der Waals surface area contributed by atoms with E-state index in [-0.39, 0.29) is 11.3 Å². The molecule has 0 saturated heterocycles. The van der Waals surface area contributed by atoms with Crippen LogP contribution in [0.2, 0.25) is 0 Å². The minimum absolute atomic E-state index is 0.122. The molecular formula is C22H22N2O2. The molecule has 0 fully saturated rings. The van der Waals surface area contributed by atoms with Crippen molar-refractivity contribution in [2.45, 2.75) is 33.7 Å². The van der Waals surface area contributed by atoms with Gasteiger partial charge in [-0.05, 0) is 51.0 Å². The van der Waals surface area contributed by atoms with Crippen molar-refractivity contribution in [2.75, 3.05) is 0 Å². The van der Waals surface area contributed by atoms with E-state index in [9.17, 15) is 9.59 Å². The molecule has 132 valence electrons. The van der Waals surface area contributed by atoms with Crippen molar-refractivity contribution in [2.24, 2.45) is 0 Å². The Morgan fingerprint density at radius 2 is 1.62 bits per heavy atom. The number of rotatable bonds is 4. The highest BCUT2D eigenvalue weighted by Crippen LogP contribution is 2.19. The van der Waals surface area contributed by atoms with Crippen LogP contribution in [0.25, 0.3) is 11.3 Å². The number of ketones is 1. The van der Waals surface area contributed by atoms with Crippen LogP contribution in [0.1, 0.15) is 40.0 Å². The second-order valence-electron chi connectivity index (χ2n) is 6.71. The molecule has 0 spiro atoms. The van der Waals surface area contributed by atoms with Crippen LogP contribution < -0.4 is 5.56 Å². The summed E-state index contributed by atoms with van der Waals surface area (Å²) in [4.78, 5) is 25.2. The Hall–Kier alpha value is -3.01. The Kier molecular flexibility index (Phi) is 4.85. The summed E-state index contributed by atoms with van der Waals surface area (Å²) in [6.45, 7) is 7.70. The standard InChI is InChI=1S/C22H22N2O2/c1-14-5-8-18(9-6-14)20-11-12-21(25)24(23-20)17(4)22(26)19-10-7-15(2)16(3)13-19/h5-13,17H,1-4H3. The lowest BCUT2D eigenvalue weighted by atomic mass is 10.0. The third-order valence-corrected chi connectivity index (χ3v) is 4.71. The summed E-state index contributed by atoms with van der Waals surface area (Å²) in [6.07, 6.45) is 0. The largest absolute Gasteiger partial charge is 0.292 e. The smallest absolute Gasteiger partial charge is 0.267 e. The number of aryl methyl sites for hydroxylation is 3. The Morgan fingerprint density at radius 3 is 2.27 bits per heavy atom. The van der Waals surface area contributed by atoms with Gasteiger partial charge < -0.3 is 0 Å². The summed E-state index contributed by atoms with van der Waals surface area (Å²) < 4.78 is 1.27. The van der Waals surface area contributed by atoms with Gasteiger partial charge in [0.2, 0.25) is 0 Å². The Labute approximate surface area is 153 Å². The van der Waals surface area contributed by atoms with Crippen molar-refractivity contribution < 1.29 is 4.79 Å². The maximum Gasteiger partial charge on any atom is 0.267 e. The van der Waals surface area contributed by atoms with Crippen LogP contribution in [0, 0.1) is 20.8 Å². The fourth-order valence-electron chi connectivity index (χ4n) is 2.83. The van der Waals surface area contributed by atoms with Crippen LogP contribution in [-0.4, -0.2) is 15.6 Å². The lowest BCUT2D eigenvalue weighted by Gasteiger charge is -2.15. The zero-order valence-corrected chi connectivity index (χ0v) is 15.5. The monoisotopic (exact) mass is 346 g/mol. The second-order valence-corrected chi connectivity index (χ2v) is 6.71. The molecule has 1 aromatic heterocycles. The third kappa shape index (κ3) is 3.49. The Morgan fingerprint density at radius 1 is 0.923 bits per heavy atom. The van der Waals surface area contributed by atoms with Crippen molar-refractivity contribution in [3.8, 4) is 11.3 Å². The highest BCUT2D eigenvalue weighted by Gasteiger charge is 2.20. The van der Waals surface area contributed by atoms with Crippen LogP contribution >= 0.6 is 0 Å². The molecule has 1 atom stereocenters. The minimum atomic E-state index is -0.671. The van der Waals surface area contributed by atoms with E-state index in [2.05, 4.69) is 5.10 Å². The van der Waals surface area contributed by atoms with Gasteiger partial charge in [0.25, 0.3) is 5.56 Å². The molecular weight excluding hydrogens is 324 g/mol. The van der Waals surface area contributed by atoms with Gasteiger partial charge >= 0.3 is 0 Å². The molecule has 0 radical (unpaired) electrons. The van der Waals surface area contributed by atoms with Crippen molar-refractivity contribution in [1.29, 1.82) is 0 Å². The summed E-state index contributed by atoms with van der Waals surface area (Å²) in [7, 11) is 0. The molecule has 1 unspecified atom stereocenters. The van der Waals surface area contributed by atoms with Crippen molar-refractivity contribution >= 4 is 5.78 Å². The van der Waals surface area contributed by atoms with E-state index in [0.29, 0.717) is 11.3 Å². The third-order valence-electron chi connectivity index (χ3n) is 4.71. The van der Waals surface area contributed by atoms with E-state index in [1.54, 1.807) is 19.1 Å². The number of aromatic nitrogens is 2. The van der Waals surface area contributed by atoms with E-state index in [1.165, 1.54) is 10.7 Å². The van der Waals surface area contributed by atoms with Gasteiger partial charge in [-0.25, -0.2) is 4.68 Å². The zero-order valence-electron chi connectivity index (χ0n) is 15.5. The van der Waals surface area contributed by atoms with E-state index < -0.39 is 6.04 Å². The van der Waals surface area contributed by atoms with E-state index in [4.69, 9.17) is 0 Å². The summed E-state index contributed by atoms with van der Waals surface area (Å²) >= 11 is 0. The molecule has 0 N–H and O–H groups in total. The van der Waals surface area contributed by atoms with Gasteiger partial charge in [0.05, 0.1) is 5.69 Å². The molecule has 0 aliphatic carbocycles. The average molecular weight is 346 g/mol. The van der Waals surface area contributed by atoms with E-state index >= 15 is 0 Å². The summed E-state index contributed by atoms with van der Waals surface area (Å²) in [5.74, 6) is -0.122. The molecule has 0 amide bonds. The molecule has 2 aromatic carbocycles. The minimum Gasteiger partial charge on any atom is -0.292 e. The topological polar surface area (TPSA) is 52.0 Å². The lowest BCUT2D eigenvalue weighted by molar-refractivity contribution is 0.0925.